The summed E-state index contributed by atoms with van der Waals surface area (Å²) in [6, 6.07) is 5.42. The van der Waals surface area contributed by atoms with Crippen LogP contribution >= 0.6 is 0 Å². The molecular weight excluding hydrogens is 373 g/mol. The fourth-order valence-electron chi connectivity index (χ4n) is 3.26. The number of halogens is 3. The average molecular weight is 392 g/mol. The average Bonchev–Trinajstić information content (AvgIpc) is 2.65. The first-order chi connectivity index (χ1) is 13.2. The molecular formula is C20H19F3N2O3. The monoisotopic (exact) mass is 392 g/mol. The van der Waals surface area contributed by atoms with Gasteiger partial charge in [0.15, 0.2) is 5.78 Å². The standard InChI is InChI=1S/C20H19F3N2O3/c1-2-10-24-18(27)15-11-14-16(4-3-5-17(14)26)25(19(15)28)13-8-6-12(7-9-13)20(21,22)23/h6-9,11H,2-5,10H2,1H3,(H,24,27). The highest BCUT2D eigenvalue weighted by molar-refractivity contribution is 6.01. The van der Waals surface area contributed by atoms with Gasteiger partial charge in [0.2, 0.25) is 0 Å². The van der Waals surface area contributed by atoms with Crippen molar-refractivity contribution in [1.82, 2.24) is 9.88 Å². The molecule has 1 aliphatic carbocycles. The predicted molar refractivity (Wildman–Crippen MR) is 96.9 cm³/mol. The van der Waals surface area contributed by atoms with Gasteiger partial charge in [-0.25, -0.2) is 0 Å². The summed E-state index contributed by atoms with van der Waals surface area (Å²) < 4.78 is 39.7. The van der Waals surface area contributed by atoms with Gasteiger partial charge in [-0.2, -0.15) is 13.2 Å². The van der Waals surface area contributed by atoms with Crippen LogP contribution in [0, 0.1) is 0 Å². The lowest BCUT2D eigenvalue weighted by molar-refractivity contribution is -0.137. The van der Waals surface area contributed by atoms with E-state index in [9.17, 15) is 27.6 Å². The molecule has 0 atom stereocenters. The smallest absolute Gasteiger partial charge is 0.352 e. The van der Waals surface area contributed by atoms with E-state index in [2.05, 4.69) is 5.32 Å². The number of nitrogens with one attached hydrogen (secondary N) is 1. The van der Waals surface area contributed by atoms with Gasteiger partial charge in [-0.1, -0.05) is 6.92 Å². The van der Waals surface area contributed by atoms with E-state index in [1.807, 2.05) is 6.92 Å². The fraction of sp³-hybridized carbons (Fsp3) is 0.350. The number of hydrogen-bond acceptors (Lipinski definition) is 3. The summed E-state index contributed by atoms with van der Waals surface area (Å²) in [5, 5.41) is 2.61. The summed E-state index contributed by atoms with van der Waals surface area (Å²) >= 11 is 0. The molecule has 1 aromatic heterocycles. The lowest BCUT2D eigenvalue weighted by Gasteiger charge is -2.22. The molecule has 148 valence electrons. The van der Waals surface area contributed by atoms with Crippen LogP contribution < -0.4 is 10.9 Å². The molecule has 0 saturated heterocycles. The zero-order valence-electron chi connectivity index (χ0n) is 15.2. The van der Waals surface area contributed by atoms with Gasteiger partial charge in [-0.3, -0.25) is 19.0 Å². The topological polar surface area (TPSA) is 68.2 Å². The normalized spacial score (nSPS) is 13.9. The molecule has 0 unspecified atom stereocenters. The quantitative estimate of drug-likeness (QED) is 0.866. The molecule has 5 nitrogen and oxygen atoms in total. The van der Waals surface area contributed by atoms with Gasteiger partial charge in [0.25, 0.3) is 11.5 Å². The van der Waals surface area contributed by atoms with E-state index >= 15 is 0 Å². The molecule has 0 radical (unpaired) electrons. The number of aromatic nitrogens is 1. The Morgan fingerprint density at radius 1 is 1.14 bits per heavy atom. The van der Waals surface area contributed by atoms with Crippen LogP contribution in [0.1, 0.15) is 58.2 Å². The van der Waals surface area contributed by atoms with Crippen LogP contribution in [0.5, 0.6) is 0 Å². The van der Waals surface area contributed by atoms with Crippen molar-refractivity contribution >= 4 is 11.7 Å². The Morgan fingerprint density at radius 2 is 1.82 bits per heavy atom. The number of rotatable bonds is 4. The number of Topliss-reactive ketones (excluding diaryl/α,β-unsaturated/α-hetero) is 1. The molecule has 0 aliphatic heterocycles. The number of ketones is 1. The third kappa shape index (κ3) is 3.72. The number of benzene rings is 1. The van der Waals surface area contributed by atoms with E-state index < -0.39 is 23.2 Å². The van der Waals surface area contributed by atoms with Crippen LogP contribution in [0.15, 0.2) is 35.1 Å². The van der Waals surface area contributed by atoms with Crippen LogP contribution in [-0.2, 0) is 12.6 Å². The zero-order chi connectivity index (χ0) is 20.5. The summed E-state index contributed by atoms with van der Waals surface area (Å²) in [6.07, 6.45) is -2.57. The molecule has 8 heteroatoms. The van der Waals surface area contributed by atoms with Crippen LogP contribution in [0.3, 0.4) is 0 Å². The highest BCUT2D eigenvalue weighted by Crippen LogP contribution is 2.30. The first kappa shape index (κ1) is 19.9. The summed E-state index contributed by atoms with van der Waals surface area (Å²) in [6.45, 7) is 2.22. The molecule has 0 fully saturated rings. The van der Waals surface area contributed by atoms with Crippen molar-refractivity contribution in [2.45, 2.75) is 38.8 Å². The van der Waals surface area contributed by atoms with Gasteiger partial charge in [0.1, 0.15) is 5.56 Å². The third-order valence-electron chi connectivity index (χ3n) is 4.65. The van der Waals surface area contributed by atoms with E-state index in [1.165, 1.54) is 22.8 Å². The van der Waals surface area contributed by atoms with Crippen molar-refractivity contribution in [3.8, 4) is 5.69 Å². The number of alkyl halides is 3. The number of carbonyl (C=O) groups is 2. The van der Waals surface area contributed by atoms with Gasteiger partial charge in [-0.15, -0.1) is 0 Å². The molecule has 3 rings (SSSR count). The summed E-state index contributed by atoms with van der Waals surface area (Å²) in [7, 11) is 0. The second-order valence-electron chi connectivity index (χ2n) is 6.64. The highest BCUT2D eigenvalue weighted by Gasteiger charge is 2.31. The lowest BCUT2D eigenvalue weighted by atomic mass is 9.92. The van der Waals surface area contributed by atoms with Crippen LogP contribution in [0.25, 0.3) is 5.69 Å². The zero-order valence-corrected chi connectivity index (χ0v) is 15.2. The number of fused-ring (bicyclic) bond motifs is 1. The SMILES string of the molecule is CCCNC(=O)c1cc2c(n(-c3ccc(C(F)(F)F)cc3)c1=O)CCCC2=O. The van der Waals surface area contributed by atoms with Gasteiger partial charge < -0.3 is 5.32 Å². The highest BCUT2D eigenvalue weighted by atomic mass is 19.4. The number of carbonyl (C=O) groups excluding carboxylic acids is 2. The minimum atomic E-state index is -4.50. The maximum atomic E-state index is 13.0. The predicted octanol–water partition coefficient (Wildman–Crippen LogP) is 3.52. The van der Waals surface area contributed by atoms with Crippen molar-refractivity contribution in [2.75, 3.05) is 6.54 Å². The largest absolute Gasteiger partial charge is 0.416 e. The van der Waals surface area contributed by atoms with E-state index in [0.717, 1.165) is 12.1 Å². The van der Waals surface area contributed by atoms with Crippen LogP contribution in [-0.4, -0.2) is 22.8 Å². The molecule has 1 aliphatic rings. The Hall–Kier alpha value is -2.90. The van der Waals surface area contributed by atoms with Crippen molar-refractivity contribution in [3.63, 3.8) is 0 Å². The minimum Gasteiger partial charge on any atom is -0.352 e. The van der Waals surface area contributed by atoms with Gasteiger partial charge >= 0.3 is 6.18 Å². The van der Waals surface area contributed by atoms with Gasteiger partial charge in [0, 0.05) is 29.9 Å². The summed E-state index contributed by atoms with van der Waals surface area (Å²) in [4.78, 5) is 37.8. The van der Waals surface area contributed by atoms with Crippen molar-refractivity contribution in [2.24, 2.45) is 0 Å². The van der Waals surface area contributed by atoms with E-state index in [4.69, 9.17) is 0 Å². The first-order valence-electron chi connectivity index (χ1n) is 9.02. The Balaban J connectivity index is 2.19. The minimum absolute atomic E-state index is 0.188. The van der Waals surface area contributed by atoms with Crippen molar-refractivity contribution in [1.29, 1.82) is 0 Å². The maximum Gasteiger partial charge on any atom is 0.416 e. The first-order valence-corrected chi connectivity index (χ1v) is 9.02. The Morgan fingerprint density at radius 3 is 2.43 bits per heavy atom. The van der Waals surface area contributed by atoms with E-state index in [1.54, 1.807) is 0 Å². The number of amides is 1. The number of nitrogens with zero attached hydrogens (tertiary/aromatic N) is 1. The van der Waals surface area contributed by atoms with Crippen LogP contribution in [0.2, 0.25) is 0 Å². The molecule has 0 bridgehead atoms. The Bertz CT molecular complexity index is 976. The van der Waals surface area contributed by atoms with Gasteiger partial charge in [-0.05, 0) is 49.6 Å². The van der Waals surface area contributed by atoms with Crippen molar-refractivity contribution < 1.29 is 22.8 Å². The number of pyridine rings is 1. The second kappa shape index (κ2) is 7.61. The summed E-state index contributed by atoms with van der Waals surface area (Å²) in [5.74, 6) is -0.792. The third-order valence-corrected chi connectivity index (χ3v) is 4.65. The maximum absolute atomic E-state index is 13.0. The van der Waals surface area contributed by atoms with E-state index in [-0.39, 0.29) is 22.6 Å². The molecule has 1 aromatic carbocycles. The molecule has 28 heavy (non-hydrogen) atoms. The summed E-state index contributed by atoms with van der Waals surface area (Å²) in [5.41, 5.74) is -0.801. The van der Waals surface area contributed by atoms with Gasteiger partial charge in [0.05, 0.1) is 5.56 Å². The lowest BCUT2D eigenvalue weighted by Crippen LogP contribution is -2.36. The molecule has 1 amide bonds. The number of hydrogen-bond donors (Lipinski definition) is 1. The molecule has 1 N–H and O–H groups in total. The molecule has 0 saturated carbocycles. The second-order valence-corrected chi connectivity index (χ2v) is 6.64. The molecule has 1 heterocycles. The van der Waals surface area contributed by atoms with Crippen LogP contribution in [0.4, 0.5) is 13.2 Å². The Kier molecular flexibility index (Phi) is 5.40. The molecule has 0 spiro atoms. The fourth-order valence-corrected chi connectivity index (χ4v) is 3.26. The molecule has 2 aromatic rings. The van der Waals surface area contributed by atoms with Crippen molar-refractivity contribution in [3.05, 3.63) is 63.1 Å². The van der Waals surface area contributed by atoms with E-state index in [0.29, 0.717) is 37.9 Å². The Labute approximate surface area is 159 Å².